The number of hydrogen-bond acceptors (Lipinski definition) is 3. The Hall–Kier alpha value is -1.33. The summed E-state index contributed by atoms with van der Waals surface area (Å²) in [6, 6.07) is 5.23. The van der Waals surface area contributed by atoms with E-state index in [2.05, 4.69) is 0 Å². The molecule has 0 bridgehead atoms. The summed E-state index contributed by atoms with van der Waals surface area (Å²) in [5.74, 6) is 0.0409. The molecule has 1 heterocycles. The number of carbonyl (C=O) groups is 1. The van der Waals surface area contributed by atoms with Gasteiger partial charge >= 0.3 is 0 Å². The van der Waals surface area contributed by atoms with E-state index in [0.29, 0.717) is 17.1 Å². The Morgan fingerprint density at radius 2 is 2.05 bits per heavy atom. The maximum atomic E-state index is 11.9. The van der Waals surface area contributed by atoms with Crippen LogP contribution < -0.4 is 0 Å². The Kier molecular flexibility index (Phi) is 4.20. The van der Waals surface area contributed by atoms with E-state index in [1.165, 1.54) is 0 Å². The third-order valence-corrected chi connectivity index (χ3v) is 5.76. The van der Waals surface area contributed by atoms with Gasteiger partial charge in [0.2, 0.25) is 0 Å². The molecule has 0 fully saturated rings. The van der Waals surface area contributed by atoms with Crippen molar-refractivity contribution in [1.29, 1.82) is 0 Å². The highest BCUT2D eigenvalue weighted by Crippen LogP contribution is 2.24. The highest BCUT2D eigenvalue weighted by molar-refractivity contribution is 7.91. The minimum absolute atomic E-state index is 0.0409. The summed E-state index contributed by atoms with van der Waals surface area (Å²) < 4.78 is 25.5. The summed E-state index contributed by atoms with van der Waals surface area (Å²) in [6.45, 7) is 3.64. The van der Waals surface area contributed by atoms with Gasteiger partial charge in [-0.25, -0.2) is 8.42 Å². The number of fused-ring (bicyclic) bond motifs is 1. The second-order valence-corrected chi connectivity index (χ2v) is 8.09. The number of benzene rings is 1. The SMILES string of the molecule is CC(C)S(=O)(=O)CCn1cc(C=O)c2ccc(Cl)cc21. The molecule has 2 aromatic rings. The smallest absolute Gasteiger partial charge is 0.154 e. The lowest BCUT2D eigenvalue weighted by atomic mass is 10.2. The van der Waals surface area contributed by atoms with Crippen molar-refractivity contribution in [2.75, 3.05) is 5.75 Å². The zero-order valence-electron chi connectivity index (χ0n) is 11.3. The number of hydrogen-bond donors (Lipinski definition) is 0. The summed E-state index contributed by atoms with van der Waals surface area (Å²) >= 11 is 5.96. The van der Waals surface area contributed by atoms with Crippen molar-refractivity contribution in [1.82, 2.24) is 4.57 Å². The van der Waals surface area contributed by atoms with Crippen molar-refractivity contribution in [3.63, 3.8) is 0 Å². The van der Waals surface area contributed by atoms with Gasteiger partial charge in [0.25, 0.3) is 0 Å². The maximum absolute atomic E-state index is 11.9. The zero-order chi connectivity index (χ0) is 14.9. The molecule has 1 aromatic carbocycles. The van der Waals surface area contributed by atoms with Crippen molar-refractivity contribution in [3.05, 3.63) is 35.0 Å². The van der Waals surface area contributed by atoms with E-state index < -0.39 is 15.1 Å². The fraction of sp³-hybridized carbons (Fsp3) is 0.357. The molecule has 1 aromatic heterocycles. The highest BCUT2D eigenvalue weighted by Gasteiger charge is 2.17. The van der Waals surface area contributed by atoms with Gasteiger partial charge in [-0.2, -0.15) is 0 Å². The van der Waals surface area contributed by atoms with E-state index in [-0.39, 0.29) is 5.75 Å². The van der Waals surface area contributed by atoms with Crippen LogP contribution in [0.2, 0.25) is 5.02 Å². The molecule has 0 aliphatic rings. The molecule has 0 radical (unpaired) electrons. The standard InChI is InChI=1S/C14H16ClNO3S/c1-10(2)20(18,19)6-5-16-8-11(9-17)13-4-3-12(15)7-14(13)16/h3-4,7-10H,5-6H2,1-2H3. The van der Waals surface area contributed by atoms with Crippen LogP contribution in [-0.2, 0) is 16.4 Å². The Morgan fingerprint density at radius 1 is 1.35 bits per heavy atom. The third-order valence-electron chi connectivity index (χ3n) is 3.34. The molecule has 0 aliphatic carbocycles. The van der Waals surface area contributed by atoms with Gasteiger partial charge in [0.15, 0.2) is 16.1 Å². The van der Waals surface area contributed by atoms with E-state index in [4.69, 9.17) is 11.6 Å². The molecule has 108 valence electrons. The summed E-state index contributed by atoms with van der Waals surface area (Å²) in [4.78, 5) is 11.1. The van der Waals surface area contributed by atoms with Crippen molar-refractivity contribution in [2.45, 2.75) is 25.6 Å². The van der Waals surface area contributed by atoms with Gasteiger partial charge in [-0.3, -0.25) is 4.79 Å². The number of rotatable bonds is 5. The van der Waals surface area contributed by atoms with Crippen LogP contribution in [0, 0.1) is 0 Å². The molecule has 0 amide bonds. The normalized spacial score (nSPS) is 12.2. The first-order chi connectivity index (χ1) is 9.35. The second-order valence-electron chi connectivity index (χ2n) is 4.97. The predicted octanol–water partition coefficient (Wildman–Crippen LogP) is 2.93. The molecule has 0 atom stereocenters. The average molecular weight is 314 g/mol. The quantitative estimate of drug-likeness (QED) is 0.797. The number of aromatic nitrogens is 1. The molecular weight excluding hydrogens is 298 g/mol. The van der Waals surface area contributed by atoms with Crippen LogP contribution in [0.25, 0.3) is 10.9 Å². The van der Waals surface area contributed by atoms with Crippen LogP contribution in [0.15, 0.2) is 24.4 Å². The number of aryl methyl sites for hydroxylation is 1. The number of aldehydes is 1. The molecule has 0 N–H and O–H groups in total. The number of halogens is 1. The Labute approximate surface area is 123 Å². The van der Waals surface area contributed by atoms with Gasteiger partial charge in [0.05, 0.1) is 16.5 Å². The number of nitrogens with zero attached hydrogens (tertiary/aromatic N) is 1. The van der Waals surface area contributed by atoms with Crippen LogP contribution in [0.1, 0.15) is 24.2 Å². The molecule has 2 rings (SSSR count). The van der Waals surface area contributed by atoms with Crippen LogP contribution in [0.5, 0.6) is 0 Å². The fourth-order valence-corrected chi connectivity index (χ4v) is 3.12. The minimum Gasteiger partial charge on any atom is -0.346 e. The lowest BCUT2D eigenvalue weighted by Gasteiger charge is -2.09. The Balaban J connectivity index is 2.40. The van der Waals surface area contributed by atoms with Crippen molar-refractivity contribution < 1.29 is 13.2 Å². The zero-order valence-corrected chi connectivity index (χ0v) is 12.9. The second kappa shape index (κ2) is 5.58. The topological polar surface area (TPSA) is 56.1 Å². The molecule has 0 aliphatic heterocycles. The summed E-state index contributed by atoms with van der Waals surface area (Å²) in [5, 5.41) is 0.936. The highest BCUT2D eigenvalue weighted by atomic mass is 35.5. The molecule has 0 unspecified atom stereocenters. The molecule has 6 heteroatoms. The van der Waals surface area contributed by atoms with Crippen LogP contribution in [-0.4, -0.2) is 30.3 Å². The monoisotopic (exact) mass is 313 g/mol. The average Bonchev–Trinajstić information content (AvgIpc) is 2.73. The van der Waals surface area contributed by atoms with Gasteiger partial charge in [0.1, 0.15) is 0 Å². The van der Waals surface area contributed by atoms with Crippen LogP contribution in [0.3, 0.4) is 0 Å². The first-order valence-electron chi connectivity index (χ1n) is 6.30. The molecule has 0 spiro atoms. The van der Waals surface area contributed by atoms with Gasteiger partial charge in [0, 0.05) is 28.7 Å². The molecule has 4 nitrogen and oxygen atoms in total. The first-order valence-corrected chi connectivity index (χ1v) is 8.39. The molecule has 0 saturated carbocycles. The van der Waals surface area contributed by atoms with Gasteiger partial charge < -0.3 is 4.57 Å². The fourth-order valence-electron chi connectivity index (χ4n) is 2.03. The van der Waals surface area contributed by atoms with Gasteiger partial charge in [-0.15, -0.1) is 0 Å². The van der Waals surface area contributed by atoms with Gasteiger partial charge in [-0.05, 0) is 26.0 Å². The lowest BCUT2D eigenvalue weighted by Crippen LogP contribution is -2.20. The van der Waals surface area contributed by atoms with Crippen molar-refractivity contribution in [3.8, 4) is 0 Å². The molecule has 20 heavy (non-hydrogen) atoms. The summed E-state index contributed by atoms with van der Waals surface area (Å²) in [7, 11) is -3.11. The Morgan fingerprint density at radius 3 is 2.65 bits per heavy atom. The Bertz CT molecular complexity index is 747. The van der Waals surface area contributed by atoms with Crippen molar-refractivity contribution >= 4 is 38.6 Å². The summed E-state index contributed by atoms with van der Waals surface area (Å²) in [6.07, 6.45) is 2.44. The number of sulfone groups is 1. The van der Waals surface area contributed by atoms with E-state index in [0.717, 1.165) is 17.2 Å². The lowest BCUT2D eigenvalue weighted by molar-refractivity contribution is 0.112. The van der Waals surface area contributed by atoms with E-state index >= 15 is 0 Å². The van der Waals surface area contributed by atoms with Crippen LogP contribution >= 0.6 is 11.6 Å². The van der Waals surface area contributed by atoms with Crippen LogP contribution in [0.4, 0.5) is 0 Å². The molecular formula is C14H16ClNO3S. The summed E-state index contributed by atoms with van der Waals surface area (Å²) in [5.41, 5.74) is 1.32. The number of carbonyl (C=O) groups excluding carboxylic acids is 1. The largest absolute Gasteiger partial charge is 0.346 e. The maximum Gasteiger partial charge on any atom is 0.154 e. The first kappa shape index (κ1) is 15.1. The van der Waals surface area contributed by atoms with E-state index in [1.54, 1.807) is 42.8 Å². The van der Waals surface area contributed by atoms with Gasteiger partial charge in [-0.1, -0.05) is 17.7 Å². The van der Waals surface area contributed by atoms with Crippen molar-refractivity contribution in [2.24, 2.45) is 0 Å². The third kappa shape index (κ3) is 2.88. The van der Waals surface area contributed by atoms with E-state index in [9.17, 15) is 13.2 Å². The minimum atomic E-state index is -3.11. The predicted molar refractivity (Wildman–Crippen MR) is 81.3 cm³/mol. The van der Waals surface area contributed by atoms with E-state index in [1.807, 2.05) is 0 Å². The molecule has 0 saturated heterocycles.